The lowest BCUT2D eigenvalue weighted by atomic mass is 9.78. The van der Waals surface area contributed by atoms with Gasteiger partial charge in [-0.15, -0.1) is 0 Å². The zero-order chi connectivity index (χ0) is 19.3. The molecule has 1 aromatic rings. The van der Waals surface area contributed by atoms with E-state index in [9.17, 15) is 14.0 Å². The van der Waals surface area contributed by atoms with Gasteiger partial charge in [-0.1, -0.05) is 32.8 Å². The van der Waals surface area contributed by atoms with Gasteiger partial charge in [0.05, 0.1) is 7.05 Å². The second-order valence-corrected chi connectivity index (χ2v) is 7.69. The van der Waals surface area contributed by atoms with Crippen molar-refractivity contribution in [3.05, 3.63) is 30.1 Å². The van der Waals surface area contributed by atoms with Gasteiger partial charge in [-0.3, -0.25) is 9.59 Å². The highest BCUT2D eigenvalue weighted by molar-refractivity contribution is 5.91. The average molecular weight is 364 g/mol. The van der Waals surface area contributed by atoms with Crippen molar-refractivity contribution in [1.82, 2.24) is 5.32 Å². The first-order valence-electron chi connectivity index (χ1n) is 9.46. The molecule has 0 spiro atoms. The minimum Gasteiger partial charge on any atom is -0.348 e. The standard InChI is InChI=1S/C20H30FN3O2/c1-13-7-5-10-18(14(13)2)23-20(26)15(3)24(4)12-19(25)22-17-9-6-8-16(21)11-17/h6,8-9,11,13-15,18H,5,7,10,12H2,1-4H3,(H,22,25)(H,23,26)/p+1/t13-,14+,15+,18-/m0/s1. The lowest BCUT2D eigenvalue weighted by molar-refractivity contribution is -0.885. The molecule has 144 valence electrons. The minimum atomic E-state index is -0.396. The Morgan fingerprint density at radius 1 is 1.31 bits per heavy atom. The molecule has 0 radical (unpaired) electrons. The van der Waals surface area contributed by atoms with Crippen LogP contribution in [0.25, 0.3) is 0 Å². The molecule has 1 aliphatic carbocycles. The maximum absolute atomic E-state index is 13.2. The van der Waals surface area contributed by atoms with E-state index in [0.29, 0.717) is 17.5 Å². The van der Waals surface area contributed by atoms with Crippen molar-refractivity contribution < 1.29 is 18.9 Å². The zero-order valence-electron chi connectivity index (χ0n) is 16.1. The summed E-state index contributed by atoms with van der Waals surface area (Å²) in [5.74, 6) is 0.425. The molecular weight excluding hydrogens is 333 g/mol. The first-order chi connectivity index (χ1) is 12.3. The Labute approximate surface area is 155 Å². The van der Waals surface area contributed by atoms with Crippen LogP contribution < -0.4 is 15.5 Å². The number of rotatable bonds is 6. The summed E-state index contributed by atoms with van der Waals surface area (Å²) in [4.78, 5) is 25.5. The largest absolute Gasteiger partial charge is 0.348 e. The maximum Gasteiger partial charge on any atom is 0.279 e. The number of halogens is 1. The summed E-state index contributed by atoms with van der Waals surface area (Å²) in [6, 6.07) is 5.66. The van der Waals surface area contributed by atoms with Crippen molar-refractivity contribution >= 4 is 17.5 Å². The predicted molar refractivity (Wildman–Crippen MR) is 100 cm³/mol. The molecule has 26 heavy (non-hydrogen) atoms. The number of carbonyl (C=O) groups excluding carboxylic acids is 2. The van der Waals surface area contributed by atoms with Crippen LogP contribution in [0.5, 0.6) is 0 Å². The quantitative estimate of drug-likeness (QED) is 0.718. The number of quaternary nitrogens is 1. The van der Waals surface area contributed by atoms with Crippen molar-refractivity contribution in [2.75, 3.05) is 18.9 Å². The van der Waals surface area contributed by atoms with Crippen LogP contribution in [0.4, 0.5) is 10.1 Å². The highest BCUT2D eigenvalue weighted by Gasteiger charge is 2.31. The van der Waals surface area contributed by atoms with E-state index >= 15 is 0 Å². The highest BCUT2D eigenvalue weighted by atomic mass is 19.1. The molecule has 0 bridgehead atoms. The predicted octanol–water partition coefficient (Wildman–Crippen LogP) is 1.61. The van der Waals surface area contributed by atoms with Crippen molar-refractivity contribution in [1.29, 1.82) is 0 Å². The molecular formula is C20H31FN3O2+. The molecule has 0 heterocycles. The summed E-state index contributed by atoms with van der Waals surface area (Å²) in [5.41, 5.74) is 0.421. The van der Waals surface area contributed by atoms with Crippen LogP contribution in [0.1, 0.15) is 40.0 Å². The average Bonchev–Trinajstić information content (AvgIpc) is 2.58. The first-order valence-corrected chi connectivity index (χ1v) is 9.46. The third-order valence-electron chi connectivity index (χ3n) is 5.71. The molecule has 2 amide bonds. The van der Waals surface area contributed by atoms with Crippen LogP contribution >= 0.6 is 0 Å². The zero-order valence-corrected chi connectivity index (χ0v) is 16.1. The van der Waals surface area contributed by atoms with Crippen LogP contribution in [0.15, 0.2) is 24.3 Å². The van der Waals surface area contributed by atoms with E-state index in [2.05, 4.69) is 24.5 Å². The summed E-state index contributed by atoms with van der Waals surface area (Å²) in [6.45, 7) is 6.40. The molecule has 6 heteroatoms. The fourth-order valence-corrected chi connectivity index (χ4v) is 3.49. The Morgan fingerprint density at radius 3 is 2.73 bits per heavy atom. The Balaban J connectivity index is 1.84. The molecule has 2 rings (SSSR count). The molecule has 0 saturated heterocycles. The highest BCUT2D eigenvalue weighted by Crippen LogP contribution is 2.29. The van der Waals surface area contributed by atoms with Crippen LogP contribution in [-0.4, -0.2) is 37.5 Å². The number of likely N-dealkylation sites (N-methyl/N-ethyl adjacent to an activating group) is 1. The number of nitrogens with one attached hydrogen (secondary N) is 3. The number of anilines is 1. The van der Waals surface area contributed by atoms with Gasteiger partial charge in [-0.05, 0) is 43.4 Å². The number of amides is 2. The summed E-state index contributed by atoms with van der Waals surface area (Å²) >= 11 is 0. The van der Waals surface area contributed by atoms with Crippen LogP contribution in [0.3, 0.4) is 0 Å². The minimum absolute atomic E-state index is 0.0213. The monoisotopic (exact) mass is 364 g/mol. The number of hydrogen-bond acceptors (Lipinski definition) is 2. The SMILES string of the molecule is C[C@H]1[C@@H](NC(=O)[C@@H](C)[NH+](C)CC(=O)Nc2cccc(F)c2)CCC[C@@H]1C. The van der Waals surface area contributed by atoms with Crippen LogP contribution in [0.2, 0.25) is 0 Å². The topological polar surface area (TPSA) is 62.6 Å². The Morgan fingerprint density at radius 2 is 2.04 bits per heavy atom. The van der Waals surface area contributed by atoms with E-state index in [4.69, 9.17) is 0 Å². The molecule has 5 nitrogen and oxygen atoms in total. The summed E-state index contributed by atoms with van der Waals surface area (Å²) in [6.07, 6.45) is 3.38. The van der Waals surface area contributed by atoms with Gasteiger partial charge in [-0.25, -0.2) is 4.39 Å². The van der Waals surface area contributed by atoms with E-state index < -0.39 is 5.82 Å². The lowest BCUT2D eigenvalue weighted by Gasteiger charge is -2.35. The molecule has 1 unspecified atom stereocenters. The number of hydrogen-bond donors (Lipinski definition) is 3. The van der Waals surface area contributed by atoms with E-state index in [1.165, 1.54) is 18.6 Å². The molecule has 3 N–H and O–H groups in total. The van der Waals surface area contributed by atoms with Crippen LogP contribution in [0, 0.1) is 17.7 Å². The molecule has 0 aliphatic heterocycles. The van der Waals surface area contributed by atoms with Gasteiger partial charge in [0.25, 0.3) is 11.8 Å². The summed E-state index contributed by atoms with van der Waals surface area (Å²) < 4.78 is 13.2. The van der Waals surface area contributed by atoms with Gasteiger partial charge in [0.1, 0.15) is 5.82 Å². The van der Waals surface area contributed by atoms with E-state index in [-0.39, 0.29) is 30.4 Å². The normalized spacial score (nSPS) is 25.2. The van der Waals surface area contributed by atoms with Gasteiger partial charge in [-0.2, -0.15) is 0 Å². The molecule has 1 saturated carbocycles. The molecule has 1 aromatic carbocycles. The van der Waals surface area contributed by atoms with Crippen molar-refractivity contribution in [2.24, 2.45) is 11.8 Å². The Bertz CT molecular complexity index is 637. The second kappa shape index (κ2) is 9.12. The lowest BCUT2D eigenvalue weighted by Crippen LogP contribution is -3.15. The van der Waals surface area contributed by atoms with E-state index in [0.717, 1.165) is 17.7 Å². The van der Waals surface area contributed by atoms with Crippen molar-refractivity contribution in [3.63, 3.8) is 0 Å². The van der Waals surface area contributed by atoms with Crippen LogP contribution in [-0.2, 0) is 9.59 Å². The van der Waals surface area contributed by atoms with E-state index in [1.54, 1.807) is 12.1 Å². The first kappa shape index (κ1) is 20.4. The third-order valence-corrected chi connectivity index (χ3v) is 5.71. The van der Waals surface area contributed by atoms with Gasteiger partial charge in [0, 0.05) is 11.7 Å². The van der Waals surface area contributed by atoms with Crippen molar-refractivity contribution in [2.45, 2.75) is 52.1 Å². The van der Waals surface area contributed by atoms with Gasteiger partial charge in [0.15, 0.2) is 12.6 Å². The summed E-state index contributed by atoms with van der Waals surface area (Å²) in [7, 11) is 1.82. The maximum atomic E-state index is 13.2. The molecule has 0 aromatic heterocycles. The fraction of sp³-hybridized carbons (Fsp3) is 0.600. The second-order valence-electron chi connectivity index (χ2n) is 7.69. The van der Waals surface area contributed by atoms with Gasteiger partial charge >= 0.3 is 0 Å². The molecule has 1 aliphatic rings. The Kier molecular flexibility index (Phi) is 7.14. The van der Waals surface area contributed by atoms with Crippen molar-refractivity contribution in [3.8, 4) is 0 Å². The number of benzene rings is 1. The smallest absolute Gasteiger partial charge is 0.279 e. The Hall–Kier alpha value is -1.95. The third kappa shape index (κ3) is 5.53. The van der Waals surface area contributed by atoms with Gasteiger partial charge in [0.2, 0.25) is 0 Å². The van der Waals surface area contributed by atoms with E-state index in [1.807, 2.05) is 14.0 Å². The van der Waals surface area contributed by atoms with Gasteiger partial charge < -0.3 is 15.5 Å². The fourth-order valence-electron chi connectivity index (χ4n) is 3.49. The molecule has 5 atom stereocenters. The summed E-state index contributed by atoms with van der Waals surface area (Å²) in [5, 5.41) is 5.84. The molecule has 1 fully saturated rings. The number of carbonyl (C=O) groups is 2.